The maximum absolute atomic E-state index is 12.8. The van der Waals surface area contributed by atoms with Gasteiger partial charge in [0.25, 0.3) is 11.6 Å². The van der Waals surface area contributed by atoms with Crippen molar-refractivity contribution in [3.63, 3.8) is 0 Å². The zero-order valence-electron chi connectivity index (χ0n) is 18.4. The lowest BCUT2D eigenvalue weighted by molar-refractivity contribution is -0.124. The van der Waals surface area contributed by atoms with Crippen molar-refractivity contribution in [1.82, 2.24) is 15.5 Å². The van der Waals surface area contributed by atoms with Gasteiger partial charge in [-0.15, -0.1) is 0 Å². The Morgan fingerprint density at radius 1 is 1.22 bits per heavy atom. The number of nitrogens with zero attached hydrogens (tertiary/aromatic N) is 2. The summed E-state index contributed by atoms with van der Waals surface area (Å²) in [6.07, 6.45) is 2.04. The monoisotopic (exact) mass is 439 g/mol. The van der Waals surface area contributed by atoms with Crippen molar-refractivity contribution >= 4 is 23.0 Å². The first-order valence-electron chi connectivity index (χ1n) is 10.4. The summed E-state index contributed by atoms with van der Waals surface area (Å²) in [6, 6.07) is 6.66. The summed E-state index contributed by atoms with van der Waals surface area (Å²) in [4.78, 5) is 29.8. The second kappa shape index (κ2) is 8.86. The average Bonchev–Trinajstić information content (AvgIpc) is 3.59. The fourth-order valence-electron chi connectivity index (χ4n) is 3.61. The van der Waals surface area contributed by atoms with Gasteiger partial charge in [-0.25, -0.2) is 9.78 Å². The van der Waals surface area contributed by atoms with E-state index in [9.17, 15) is 9.59 Å². The molecule has 9 nitrogen and oxygen atoms in total. The van der Waals surface area contributed by atoms with E-state index in [4.69, 9.17) is 18.7 Å². The van der Waals surface area contributed by atoms with Gasteiger partial charge in [0, 0.05) is 17.2 Å². The number of aryl methyl sites for hydroxylation is 1. The smallest absolute Gasteiger partial charge is 0.339 e. The molecule has 1 amide bonds. The molecule has 168 valence electrons. The lowest BCUT2D eigenvalue weighted by Gasteiger charge is -2.18. The van der Waals surface area contributed by atoms with Crippen LogP contribution in [0.2, 0.25) is 0 Å². The fourth-order valence-corrected chi connectivity index (χ4v) is 3.61. The van der Waals surface area contributed by atoms with Crippen molar-refractivity contribution < 1.29 is 28.3 Å². The molecule has 1 saturated carbocycles. The van der Waals surface area contributed by atoms with Crippen LogP contribution >= 0.6 is 0 Å². The Morgan fingerprint density at radius 2 is 2.00 bits per heavy atom. The van der Waals surface area contributed by atoms with E-state index in [0.29, 0.717) is 39.8 Å². The molecule has 0 radical (unpaired) electrons. The van der Waals surface area contributed by atoms with E-state index in [0.717, 1.165) is 24.1 Å². The average molecular weight is 439 g/mol. The number of nitrogens with one attached hydrogen (secondary N) is 1. The Labute approximate surface area is 185 Å². The van der Waals surface area contributed by atoms with Crippen LogP contribution in [0.4, 0.5) is 0 Å². The van der Waals surface area contributed by atoms with Crippen LogP contribution in [0, 0.1) is 6.92 Å². The molecule has 1 unspecified atom stereocenters. The van der Waals surface area contributed by atoms with E-state index in [1.807, 2.05) is 6.92 Å². The highest BCUT2D eigenvalue weighted by atomic mass is 16.5. The SMILES string of the molecule is COc1ccc(OC)c(C(C)NC(=O)COC(=O)c2cc(C3CC3)nc3onc(C)c23)c1. The van der Waals surface area contributed by atoms with Gasteiger partial charge in [-0.2, -0.15) is 0 Å². The van der Waals surface area contributed by atoms with Crippen LogP contribution in [0.15, 0.2) is 28.8 Å². The summed E-state index contributed by atoms with van der Waals surface area (Å²) >= 11 is 0. The molecule has 1 aromatic carbocycles. The van der Waals surface area contributed by atoms with E-state index >= 15 is 0 Å². The first-order chi connectivity index (χ1) is 15.4. The molecule has 2 heterocycles. The second-order valence-corrected chi connectivity index (χ2v) is 7.79. The number of aromatic nitrogens is 2. The Bertz CT molecular complexity index is 1170. The van der Waals surface area contributed by atoms with Crippen molar-refractivity contribution in [2.45, 2.75) is 38.6 Å². The Morgan fingerprint density at radius 3 is 2.69 bits per heavy atom. The first kappa shape index (κ1) is 21.6. The van der Waals surface area contributed by atoms with Gasteiger partial charge in [-0.3, -0.25) is 4.79 Å². The van der Waals surface area contributed by atoms with E-state index < -0.39 is 18.5 Å². The van der Waals surface area contributed by atoms with Gasteiger partial charge in [0.1, 0.15) is 11.5 Å². The number of pyridine rings is 1. The number of rotatable bonds is 8. The van der Waals surface area contributed by atoms with E-state index in [2.05, 4.69) is 15.5 Å². The van der Waals surface area contributed by atoms with Gasteiger partial charge in [0.15, 0.2) is 6.61 Å². The molecule has 4 rings (SSSR count). The molecule has 0 saturated heterocycles. The predicted molar refractivity (Wildman–Crippen MR) is 115 cm³/mol. The van der Waals surface area contributed by atoms with E-state index in [1.165, 1.54) is 0 Å². The molecule has 0 bridgehead atoms. The van der Waals surface area contributed by atoms with Gasteiger partial charge in [-0.05, 0) is 51.0 Å². The molecule has 32 heavy (non-hydrogen) atoms. The summed E-state index contributed by atoms with van der Waals surface area (Å²) in [5.74, 6) is 0.520. The molecule has 9 heteroatoms. The Hall–Kier alpha value is -3.62. The number of hydrogen-bond acceptors (Lipinski definition) is 8. The number of hydrogen-bond donors (Lipinski definition) is 1. The lowest BCUT2D eigenvalue weighted by Crippen LogP contribution is -2.31. The Balaban J connectivity index is 1.45. The summed E-state index contributed by atoms with van der Waals surface area (Å²) < 4.78 is 21.2. The van der Waals surface area contributed by atoms with Crippen LogP contribution < -0.4 is 14.8 Å². The number of ether oxygens (including phenoxy) is 3. The number of amides is 1. The molecule has 2 aromatic heterocycles. The highest BCUT2D eigenvalue weighted by molar-refractivity contribution is 6.03. The van der Waals surface area contributed by atoms with E-state index in [1.54, 1.807) is 45.4 Å². The minimum Gasteiger partial charge on any atom is -0.497 e. The quantitative estimate of drug-likeness (QED) is 0.531. The zero-order chi connectivity index (χ0) is 22.8. The number of benzene rings is 1. The second-order valence-electron chi connectivity index (χ2n) is 7.79. The minimum absolute atomic E-state index is 0.307. The number of fused-ring (bicyclic) bond motifs is 1. The molecular formula is C23H25N3O6. The molecule has 0 spiro atoms. The third kappa shape index (κ3) is 4.37. The van der Waals surface area contributed by atoms with Crippen LogP contribution in [0.3, 0.4) is 0 Å². The van der Waals surface area contributed by atoms with Gasteiger partial charge in [-0.1, -0.05) is 5.16 Å². The predicted octanol–water partition coefficient (Wildman–Crippen LogP) is 3.46. The number of carbonyl (C=O) groups is 2. The minimum atomic E-state index is -0.618. The number of methoxy groups -OCH3 is 2. The number of esters is 1. The molecule has 1 aliphatic rings. The Kier molecular flexibility index (Phi) is 5.98. The largest absolute Gasteiger partial charge is 0.497 e. The maximum atomic E-state index is 12.8. The van der Waals surface area contributed by atoms with Crippen molar-refractivity contribution in [2.75, 3.05) is 20.8 Å². The van der Waals surface area contributed by atoms with Crippen LogP contribution in [-0.4, -0.2) is 42.8 Å². The van der Waals surface area contributed by atoms with Crippen LogP contribution in [0.1, 0.15) is 59.0 Å². The molecular weight excluding hydrogens is 414 g/mol. The fraction of sp³-hybridized carbons (Fsp3) is 0.391. The molecule has 1 N–H and O–H groups in total. The third-order valence-corrected chi connectivity index (χ3v) is 5.47. The van der Waals surface area contributed by atoms with Gasteiger partial charge in [0.05, 0.1) is 36.9 Å². The van der Waals surface area contributed by atoms with Gasteiger partial charge >= 0.3 is 5.97 Å². The lowest BCUT2D eigenvalue weighted by atomic mass is 10.1. The third-order valence-electron chi connectivity index (χ3n) is 5.47. The van der Waals surface area contributed by atoms with Crippen molar-refractivity contribution in [3.8, 4) is 11.5 Å². The maximum Gasteiger partial charge on any atom is 0.339 e. The van der Waals surface area contributed by atoms with Crippen molar-refractivity contribution in [3.05, 3.63) is 46.8 Å². The van der Waals surface area contributed by atoms with Crippen molar-refractivity contribution in [1.29, 1.82) is 0 Å². The van der Waals surface area contributed by atoms with Crippen molar-refractivity contribution in [2.24, 2.45) is 0 Å². The molecule has 3 aromatic rings. The molecule has 1 fully saturated rings. The van der Waals surface area contributed by atoms with Crippen LogP contribution in [0.5, 0.6) is 11.5 Å². The topological polar surface area (TPSA) is 113 Å². The summed E-state index contributed by atoms with van der Waals surface area (Å²) in [6.45, 7) is 3.12. The van der Waals surface area contributed by atoms with E-state index in [-0.39, 0.29) is 6.04 Å². The van der Waals surface area contributed by atoms with Crippen LogP contribution in [-0.2, 0) is 9.53 Å². The zero-order valence-corrected chi connectivity index (χ0v) is 18.4. The van der Waals surface area contributed by atoms with Crippen LogP contribution in [0.25, 0.3) is 11.1 Å². The highest BCUT2D eigenvalue weighted by Crippen LogP contribution is 2.40. The summed E-state index contributed by atoms with van der Waals surface area (Å²) in [5.41, 5.74) is 2.69. The highest BCUT2D eigenvalue weighted by Gasteiger charge is 2.29. The molecule has 1 atom stereocenters. The number of carbonyl (C=O) groups excluding carboxylic acids is 2. The summed E-state index contributed by atoms with van der Waals surface area (Å²) in [7, 11) is 3.12. The van der Waals surface area contributed by atoms with Gasteiger partial charge < -0.3 is 24.1 Å². The summed E-state index contributed by atoms with van der Waals surface area (Å²) in [5, 5.41) is 7.24. The van der Waals surface area contributed by atoms with Gasteiger partial charge in [0.2, 0.25) is 0 Å². The molecule has 1 aliphatic carbocycles. The molecule has 0 aliphatic heterocycles. The standard InChI is InChI=1S/C23H25N3O6/c1-12(16-9-15(29-3)7-8-19(16)30-4)24-20(27)11-31-23(28)17-10-18(14-5-6-14)25-22-21(17)13(2)26-32-22/h7-10,12,14H,5-6,11H2,1-4H3,(H,24,27). The normalized spacial score (nSPS) is 14.1. The first-order valence-corrected chi connectivity index (χ1v) is 10.4.